The van der Waals surface area contributed by atoms with Gasteiger partial charge < -0.3 is 10.2 Å². The van der Waals surface area contributed by atoms with Crippen molar-refractivity contribution >= 4 is 0 Å². The van der Waals surface area contributed by atoms with Crippen LogP contribution in [0.4, 0.5) is 0 Å². The molecule has 2 atom stereocenters. The first kappa shape index (κ1) is 11.0. The smallest absolute Gasteiger partial charge is 0.0250 e. The standard InChI is InChI=1S/C13H25N3/c1-2-8-15(7-1)11-6-14-12-5-10-16-9-3-4-13(12)16/h12-14H,1-11H2. The van der Waals surface area contributed by atoms with Gasteiger partial charge in [0.25, 0.3) is 0 Å². The van der Waals surface area contributed by atoms with Crippen molar-refractivity contribution < 1.29 is 0 Å². The highest BCUT2D eigenvalue weighted by molar-refractivity contribution is 4.95. The molecule has 0 spiro atoms. The number of nitrogens with zero attached hydrogens (tertiary/aromatic N) is 2. The first-order chi connectivity index (χ1) is 7.93. The van der Waals surface area contributed by atoms with Gasteiger partial charge in [0.1, 0.15) is 0 Å². The summed E-state index contributed by atoms with van der Waals surface area (Å²) < 4.78 is 0. The second-order valence-corrected chi connectivity index (χ2v) is 5.64. The van der Waals surface area contributed by atoms with E-state index >= 15 is 0 Å². The van der Waals surface area contributed by atoms with Crippen molar-refractivity contribution in [3.05, 3.63) is 0 Å². The van der Waals surface area contributed by atoms with E-state index in [2.05, 4.69) is 15.1 Å². The van der Waals surface area contributed by atoms with E-state index in [0.717, 1.165) is 12.1 Å². The summed E-state index contributed by atoms with van der Waals surface area (Å²) in [5, 5.41) is 3.80. The first-order valence-corrected chi connectivity index (χ1v) is 7.13. The minimum atomic E-state index is 0.796. The molecular weight excluding hydrogens is 198 g/mol. The van der Waals surface area contributed by atoms with Crippen LogP contribution in [0.25, 0.3) is 0 Å². The van der Waals surface area contributed by atoms with Crippen LogP contribution in [0.2, 0.25) is 0 Å². The Bertz CT molecular complexity index is 225. The summed E-state index contributed by atoms with van der Waals surface area (Å²) in [7, 11) is 0. The lowest BCUT2D eigenvalue weighted by Gasteiger charge is -2.23. The molecule has 0 aromatic carbocycles. The van der Waals surface area contributed by atoms with Gasteiger partial charge in [-0.2, -0.15) is 0 Å². The lowest BCUT2D eigenvalue weighted by Crippen LogP contribution is -2.42. The van der Waals surface area contributed by atoms with Crippen LogP contribution in [0, 0.1) is 0 Å². The average Bonchev–Trinajstić information content (AvgIpc) is 2.95. The zero-order valence-corrected chi connectivity index (χ0v) is 10.3. The number of hydrogen-bond acceptors (Lipinski definition) is 3. The lowest BCUT2D eigenvalue weighted by atomic mass is 10.1. The van der Waals surface area contributed by atoms with E-state index in [0.29, 0.717) is 0 Å². The molecule has 0 aliphatic carbocycles. The summed E-state index contributed by atoms with van der Waals surface area (Å²) in [5.74, 6) is 0. The van der Waals surface area contributed by atoms with E-state index in [-0.39, 0.29) is 0 Å². The van der Waals surface area contributed by atoms with Crippen molar-refractivity contribution in [3.8, 4) is 0 Å². The van der Waals surface area contributed by atoms with Crippen molar-refractivity contribution in [1.82, 2.24) is 15.1 Å². The molecule has 2 unspecified atom stereocenters. The highest BCUT2D eigenvalue weighted by atomic mass is 15.2. The molecule has 0 bridgehead atoms. The molecule has 3 saturated heterocycles. The van der Waals surface area contributed by atoms with E-state index < -0.39 is 0 Å². The van der Waals surface area contributed by atoms with Crippen molar-refractivity contribution in [3.63, 3.8) is 0 Å². The van der Waals surface area contributed by atoms with Gasteiger partial charge in [0.05, 0.1) is 0 Å². The minimum Gasteiger partial charge on any atom is -0.311 e. The summed E-state index contributed by atoms with van der Waals surface area (Å²) in [4.78, 5) is 5.29. The van der Waals surface area contributed by atoms with E-state index in [4.69, 9.17) is 0 Å². The topological polar surface area (TPSA) is 18.5 Å². The van der Waals surface area contributed by atoms with Gasteiger partial charge in [-0.05, 0) is 51.7 Å². The van der Waals surface area contributed by atoms with E-state index in [9.17, 15) is 0 Å². The molecule has 3 aliphatic heterocycles. The lowest BCUT2D eigenvalue weighted by molar-refractivity contribution is 0.285. The normalized spacial score (nSPS) is 36.0. The second-order valence-electron chi connectivity index (χ2n) is 5.64. The molecule has 0 amide bonds. The average molecular weight is 223 g/mol. The first-order valence-electron chi connectivity index (χ1n) is 7.13. The van der Waals surface area contributed by atoms with Crippen LogP contribution >= 0.6 is 0 Å². The van der Waals surface area contributed by atoms with Gasteiger partial charge in [0.15, 0.2) is 0 Å². The van der Waals surface area contributed by atoms with Crippen LogP contribution in [-0.4, -0.2) is 61.2 Å². The van der Waals surface area contributed by atoms with Gasteiger partial charge in [0.2, 0.25) is 0 Å². The molecule has 1 N–H and O–H groups in total. The summed E-state index contributed by atoms with van der Waals surface area (Å²) in [6, 6.07) is 1.67. The van der Waals surface area contributed by atoms with Crippen molar-refractivity contribution in [2.45, 2.75) is 44.2 Å². The number of rotatable bonds is 4. The highest BCUT2D eigenvalue weighted by Crippen LogP contribution is 2.27. The van der Waals surface area contributed by atoms with Crippen LogP contribution in [-0.2, 0) is 0 Å². The van der Waals surface area contributed by atoms with Gasteiger partial charge in [-0.15, -0.1) is 0 Å². The van der Waals surface area contributed by atoms with Gasteiger partial charge in [-0.25, -0.2) is 0 Å². The van der Waals surface area contributed by atoms with Crippen LogP contribution in [0.15, 0.2) is 0 Å². The van der Waals surface area contributed by atoms with Crippen molar-refractivity contribution in [1.29, 1.82) is 0 Å². The third kappa shape index (κ3) is 2.27. The quantitative estimate of drug-likeness (QED) is 0.764. The zero-order chi connectivity index (χ0) is 10.8. The SMILES string of the molecule is C1CCN(CCNC2CCN3CCCC23)C1. The third-order valence-corrected chi connectivity index (χ3v) is 4.64. The maximum Gasteiger partial charge on any atom is 0.0250 e. The Kier molecular flexibility index (Phi) is 3.46. The van der Waals surface area contributed by atoms with Crippen molar-refractivity contribution in [2.24, 2.45) is 0 Å². The largest absolute Gasteiger partial charge is 0.311 e. The molecule has 3 heterocycles. The van der Waals surface area contributed by atoms with Crippen LogP contribution in [0.1, 0.15) is 32.1 Å². The number of hydrogen-bond donors (Lipinski definition) is 1. The fraction of sp³-hybridized carbons (Fsp3) is 1.00. The van der Waals surface area contributed by atoms with E-state index in [1.165, 1.54) is 71.4 Å². The summed E-state index contributed by atoms with van der Waals surface area (Å²) in [6.45, 7) is 7.84. The Morgan fingerprint density at radius 3 is 2.69 bits per heavy atom. The summed E-state index contributed by atoms with van der Waals surface area (Å²) in [6.07, 6.45) is 7.07. The van der Waals surface area contributed by atoms with Gasteiger partial charge in [-0.1, -0.05) is 0 Å². The predicted octanol–water partition coefficient (Wildman–Crippen LogP) is 0.909. The molecule has 0 radical (unpaired) electrons. The molecule has 3 fully saturated rings. The zero-order valence-electron chi connectivity index (χ0n) is 10.3. The molecule has 3 nitrogen and oxygen atoms in total. The Labute approximate surface area is 99.2 Å². The molecule has 3 aliphatic rings. The maximum atomic E-state index is 3.80. The molecule has 0 aromatic heterocycles. The Balaban J connectivity index is 1.38. The fourth-order valence-corrected chi connectivity index (χ4v) is 3.73. The molecule has 0 saturated carbocycles. The van der Waals surface area contributed by atoms with Crippen LogP contribution < -0.4 is 5.32 Å². The number of likely N-dealkylation sites (tertiary alicyclic amines) is 1. The Hall–Kier alpha value is -0.120. The molecule has 3 heteroatoms. The van der Waals surface area contributed by atoms with Gasteiger partial charge >= 0.3 is 0 Å². The second kappa shape index (κ2) is 5.03. The molecule has 92 valence electrons. The molecule has 3 rings (SSSR count). The van der Waals surface area contributed by atoms with Crippen LogP contribution in [0.3, 0.4) is 0 Å². The van der Waals surface area contributed by atoms with Crippen LogP contribution in [0.5, 0.6) is 0 Å². The molecule has 16 heavy (non-hydrogen) atoms. The molecular formula is C13H25N3. The Morgan fingerprint density at radius 1 is 0.938 bits per heavy atom. The van der Waals surface area contributed by atoms with Gasteiger partial charge in [0, 0.05) is 31.7 Å². The maximum absolute atomic E-state index is 3.80. The van der Waals surface area contributed by atoms with E-state index in [1.807, 2.05) is 0 Å². The predicted molar refractivity (Wildman–Crippen MR) is 66.7 cm³/mol. The third-order valence-electron chi connectivity index (χ3n) is 4.64. The molecule has 0 aromatic rings. The summed E-state index contributed by atoms with van der Waals surface area (Å²) in [5.41, 5.74) is 0. The Morgan fingerprint density at radius 2 is 1.81 bits per heavy atom. The van der Waals surface area contributed by atoms with Gasteiger partial charge in [-0.3, -0.25) is 4.90 Å². The number of nitrogens with one attached hydrogen (secondary N) is 1. The highest BCUT2D eigenvalue weighted by Gasteiger charge is 2.36. The fourth-order valence-electron chi connectivity index (χ4n) is 3.73. The monoisotopic (exact) mass is 223 g/mol. The van der Waals surface area contributed by atoms with E-state index in [1.54, 1.807) is 0 Å². The van der Waals surface area contributed by atoms with Crippen molar-refractivity contribution in [2.75, 3.05) is 39.3 Å². The minimum absolute atomic E-state index is 0.796. The number of fused-ring (bicyclic) bond motifs is 1. The summed E-state index contributed by atoms with van der Waals surface area (Å²) >= 11 is 0.